The minimum atomic E-state index is -0.218. The lowest BCUT2D eigenvalue weighted by atomic mass is 10.1. The smallest absolute Gasteiger partial charge is 0.133 e. The average Bonchev–Trinajstić information content (AvgIpc) is 2.72. The fourth-order valence-corrected chi connectivity index (χ4v) is 3.18. The maximum absolute atomic E-state index is 13.7. The molecule has 1 atom stereocenters. The van der Waals surface area contributed by atoms with Crippen molar-refractivity contribution in [1.82, 2.24) is 4.98 Å². The Morgan fingerprint density at radius 2 is 2.11 bits per heavy atom. The minimum Gasteiger partial charge on any atom is -0.330 e. The molecule has 0 fully saturated rings. The molecule has 0 radical (unpaired) electrons. The van der Waals surface area contributed by atoms with Crippen molar-refractivity contribution in [2.75, 3.05) is 6.54 Å². The number of aromatic nitrogens is 1. The summed E-state index contributed by atoms with van der Waals surface area (Å²) in [5.74, 6) is 0.164. The Labute approximate surface area is 111 Å². The Kier molecular flexibility index (Phi) is 4.09. The van der Waals surface area contributed by atoms with Crippen LogP contribution in [0.2, 0.25) is 0 Å². The van der Waals surface area contributed by atoms with Crippen LogP contribution in [0.5, 0.6) is 0 Å². The third kappa shape index (κ3) is 2.60. The van der Waals surface area contributed by atoms with Gasteiger partial charge >= 0.3 is 0 Å². The van der Waals surface area contributed by atoms with Crippen LogP contribution in [-0.2, 0) is 0 Å². The van der Waals surface area contributed by atoms with E-state index >= 15 is 0 Å². The summed E-state index contributed by atoms with van der Waals surface area (Å²) in [5.41, 5.74) is 7.15. The van der Waals surface area contributed by atoms with Crippen molar-refractivity contribution in [3.8, 4) is 10.6 Å². The van der Waals surface area contributed by atoms with Crippen LogP contribution in [0.25, 0.3) is 10.6 Å². The van der Waals surface area contributed by atoms with E-state index in [1.165, 1.54) is 10.9 Å². The van der Waals surface area contributed by atoms with Gasteiger partial charge in [0, 0.05) is 10.4 Å². The fourth-order valence-electron chi connectivity index (χ4n) is 2.00. The first-order valence-corrected chi connectivity index (χ1v) is 6.87. The van der Waals surface area contributed by atoms with Crippen molar-refractivity contribution < 1.29 is 4.39 Å². The van der Waals surface area contributed by atoms with Gasteiger partial charge in [0.15, 0.2) is 0 Å². The van der Waals surface area contributed by atoms with Crippen molar-refractivity contribution in [1.29, 1.82) is 0 Å². The first kappa shape index (κ1) is 13.2. The largest absolute Gasteiger partial charge is 0.330 e. The summed E-state index contributed by atoms with van der Waals surface area (Å²) in [4.78, 5) is 5.69. The molecule has 1 unspecified atom stereocenters. The van der Waals surface area contributed by atoms with E-state index in [9.17, 15) is 4.39 Å². The van der Waals surface area contributed by atoms with Crippen LogP contribution in [0.3, 0.4) is 0 Å². The second-order valence-corrected chi connectivity index (χ2v) is 5.46. The molecule has 2 N–H and O–H groups in total. The summed E-state index contributed by atoms with van der Waals surface area (Å²) in [6.07, 6.45) is 0.930. The molecule has 4 heteroatoms. The van der Waals surface area contributed by atoms with Gasteiger partial charge in [-0.05, 0) is 37.9 Å². The molecule has 1 aromatic carbocycles. The van der Waals surface area contributed by atoms with E-state index in [-0.39, 0.29) is 5.82 Å². The number of halogens is 1. The van der Waals surface area contributed by atoms with Crippen LogP contribution >= 0.6 is 11.3 Å². The third-order valence-corrected chi connectivity index (χ3v) is 4.41. The zero-order valence-corrected chi connectivity index (χ0v) is 11.4. The summed E-state index contributed by atoms with van der Waals surface area (Å²) in [7, 11) is 0. The molecule has 0 spiro atoms. The fraction of sp³-hybridized carbons (Fsp3) is 0.357. The Bertz CT molecular complexity index is 536. The van der Waals surface area contributed by atoms with Crippen LogP contribution in [0.1, 0.15) is 29.8 Å². The van der Waals surface area contributed by atoms with E-state index in [4.69, 9.17) is 5.73 Å². The van der Waals surface area contributed by atoms with Crippen LogP contribution in [0.4, 0.5) is 4.39 Å². The van der Waals surface area contributed by atoms with E-state index in [0.717, 1.165) is 17.1 Å². The number of benzene rings is 1. The van der Waals surface area contributed by atoms with Crippen molar-refractivity contribution in [3.05, 3.63) is 40.7 Å². The minimum absolute atomic E-state index is 0.218. The average molecular weight is 264 g/mol. The van der Waals surface area contributed by atoms with Crippen LogP contribution in [0.15, 0.2) is 24.3 Å². The second kappa shape index (κ2) is 5.59. The van der Waals surface area contributed by atoms with Crippen molar-refractivity contribution >= 4 is 11.3 Å². The van der Waals surface area contributed by atoms with Gasteiger partial charge in [-0.1, -0.05) is 19.1 Å². The number of nitrogens with zero attached hydrogens (tertiary/aromatic N) is 1. The summed E-state index contributed by atoms with van der Waals surface area (Å²) < 4.78 is 13.7. The van der Waals surface area contributed by atoms with E-state index in [1.807, 2.05) is 13.0 Å². The molecule has 0 amide bonds. The second-order valence-electron chi connectivity index (χ2n) is 4.43. The lowest BCUT2D eigenvalue weighted by Crippen LogP contribution is -2.04. The highest BCUT2D eigenvalue weighted by Crippen LogP contribution is 2.34. The standard InChI is InChI=1S/C14H17FN2S/c1-9(7-8-16)13-10(2)17-14(18-13)11-5-3-4-6-12(11)15/h3-6,9H,7-8,16H2,1-2H3. The molecule has 0 saturated carbocycles. The highest BCUT2D eigenvalue weighted by molar-refractivity contribution is 7.15. The van der Waals surface area contributed by atoms with Crippen molar-refractivity contribution in [2.24, 2.45) is 5.73 Å². The third-order valence-electron chi connectivity index (χ3n) is 2.98. The molecule has 1 aromatic heterocycles. The molecular weight excluding hydrogens is 247 g/mol. The monoisotopic (exact) mass is 264 g/mol. The van der Waals surface area contributed by atoms with Gasteiger partial charge in [0.05, 0.1) is 5.69 Å². The first-order chi connectivity index (χ1) is 8.63. The van der Waals surface area contributed by atoms with E-state index in [2.05, 4.69) is 11.9 Å². The predicted molar refractivity (Wildman–Crippen MR) is 74.3 cm³/mol. The van der Waals surface area contributed by atoms with Gasteiger partial charge in [-0.2, -0.15) is 0 Å². The molecule has 0 bridgehead atoms. The van der Waals surface area contributed by atoms with Gasteiger partial charge in [0.1, 0.15) is 10.8 Å². The number of hydrogen-bond donors (Lipinski definition) is 1. The van der Waals surface area contributed by atoms with Gasteiger partial charge in [-0.25, -0.2) is 9.37 Å². The van der Waals surface area contributed by atoms with E-state index < -0.39 is 0 Å². The highest BCUT2D eigenvalue weighted by Gasteiger charge is 2.16. The zero-order valence-electron chi connectivity index (χ0n) is 10.6. The predicted octanol–water partition coefficient (Wildman–Crippen LogP) is 3.71. The molecule has 18 heavy (non-hydrogen) atoms. The lowest BCUT2D eigenvalue weighted by molar-refractivity contribution is 0.631. The molecular formula is C14H17FN2S. The number of thiazole rings is 1. The van der Waals surface area contributed by atoms with E-state index in [1.54, 1.807) is 23.5 Å². The maximum Gasteiger partial charge on any atom is 0.133 e. The van der Waals surface area contributed by atoms with Gasteiger partial charge in [0.25, 0.3) is 0 Å². The Hall–Kier alpha value is -1.26. The molecule has 2 aromatic rings. The molecule has 2 rings (SSSR count). The summed E-state index contributed by atoms with van der Waals surface area (Å²) in [5, 5.41) is 0.754. The SMILES string of the molecule is Cc1nc(-c2ccccc2F)sc1C(C)CCN. The van der Waals surface area contributed by atoms with E-state index in [0.29, 0.717) is 18.0 Å². The van der Waals surface area contributed by atoms with Crippen molar-refractivity contribution in [3.63, 3.8) is 0 Å². The number of rotatable bonds is 4. The summed E-state index contributed by atoms with van der Waals surface area (Å²) in [6.45, 7) is 4.77. The lowest BCUT2D eigenvalue weighted by Gasteiger charge is -2.07. The van der Waals surface area contributed by atoms with Crippen molar-refractivity contribution in [2.45, 2.75) is 26.2 Å². The number of aryl methyl sites for hydroxylation is 1. The summed E-state index contributed by atoms with van der Waals surface area (Å²) in [6, 6.07) is 6.76. The Morgan fingerprint density at radius 1 is 1.39 bits per heavy atom. The molecule has 2 nitrogen and oxygen atoms in total. The van der Waals surface area contributed by atoms with Gasteiger partial charge in [0.2, 0.25) is 0 Å². The summed E-state index contributed by atoms with van der Waals surface area (Å²) >= 11 is 1.57. The molecule has 0 aliphatic heterocycles. The quantitative estimate of drug-likeness (QED) is 0.914. The zero-order chi connectivity index (χ0) is 13.1. The van der Waals surface area contributed by atoms with Gasteiger partial charge < -0.3 is 5.73 Å². The first-order valence-electron chi connectivity index (χ1n) is 6.05. The highest BCUT2D eigenvalue weighted by atomic mass is 32.1. The Morgan fingerprint density at radius 3 is 2.78 bits per heavy atom. The number of nitrogens with two attached hydrogens (primary N) is 1. The van der Waals surface area contributed by atoms with Gasteiger partial charge in [-0.15, -0.1) is 11.3 Å². The van der Waals surface area contributed by atoms with Crippen LogP contribution in [-0.4, -0.2) is 11.5 Å². The number of hydrogen-bond acceptors (Lipinski definition) is 3. The normalized spacial score (nSPS) is 12.7. The Balaban J connectivity index is 2.37. The maximum atomic E-state index is 13.7. The molecule has 0 saturated heterocycles. The molecule has 1 heterocycles. The van der Waals surface area contributed by atoms with Crippen LogP contribution < -0.4 is 5.73 Å². The van der Waals surface area contributed by atoms with Gasteiger partial charge in [-0.3, -0.25) is 0 Å². The molecule has 96 valence electrons. The van der Waals surface area contributed by atoms with Crippen LogP contribution in [0, 0.1) is 12.7 Å². The topological polar surface area (TPSA) is 38.9 Å². The molecule has 0 aliphatic carbocycles. The molecule has 0 aliphatic rings.